The van der Waals surface area contributed by atoms with E-state index in [1.807, 2.05) is 0 Å². The van der Waals surface area contributed by atoms with Gasteiger partial charge in [-0.15, -0.1) is 0 Å². The predicted octanol–water partition coefficient (Wildman–Crippen LogP) is 3.42. The molecule has 0 atom stereocenters. The van der Waals surface area contributed by atoms with E-state index < -0.39 is 17.5 Å². The van der Waals surface area contributed by atoms with Crippen LogP contribution in [0.3, 0.4) is 0 Å². The highest BCUT2D eigenvalue weighted by Gasteiger charge is 2.25. The van der Waals surface area contributed by atoms with Crippen molar-refractivity contribution in [3.8, 4) is 0 Å². The Kier molecular flexibility index (Phi) is 3.19. The number of halogens is 3. The van der Waals surface area contributed by atoms with Crippen LogP contribution in [0.1, 0.15) is 25.3 Å². The van der Waals surface area contributed by atoms with E-state index in [9.17, 15) is 13.2 Å². The van der Waals surface area contributed by atoms with Crippen molar-refractivity contribution in [3.05, 3.63) is 35.1 Å². The fourth-order valence-electron chi connectivity index (χ4n) is 1.87. The predicted molar refractivity (Wildman–Crippen MR) is 53.3 cm³/mol. The highest BCUT2D eigenvalue weighted by atomic mass is 19.2. The van der Waals surface area contributed by atoms with Crippen molar-refractivity contribution in [2.75, 3.05) is 0 Å². The van der Waals surface area contributed by atoms with Crippen LogP contribution < -0.4 is 0 Å². The van der Waals surface area contributed by atoms with Crippen molar-refractivity contribution in [3.63, 3.8) is 0 Å². The highest BCUT2D eigenvalue weighted by molar-refractivity contribution is 5.18. The Hall–Kier alpha value is -1.03. The maximum atomic E-state index is 12.9. The number of benzene rings is 1. The first-order valence-corrected chi connectivity index (χ1v) is 5.31. The molecule has 1 aromatic carbocycles. The molecule has 0 spiro atoms. The molecule has 0 bridgehead atoms. The summed E-state index contributed by atoms with van der Waals surface area (Å²) >= 11 is 0. The Morgan fingerprint density at radius 1 is 1.19 bits per heavy atom. The zero-order chi connectivity index (χ0) is 11.7. The SMILES string of the molecule is C[C@H]1C[C@H](OCc2cc(F)c(F)c(F)c2)C1. The molecule has 0 N–H and O–H groups in total. The maximum Gasteiger partial charge on any atom is 0.194 e. The molecule has 0 saturated heterocycles. The quantitative estimate of drug-likeness (QED) is 0.723. The normalized spacial score (nSPS) is 24.2. The third-order valence-electron chi connectivity index (χ3n) is 2.86. The summed E-state index contributed by atoms with van der Waals surface area (Å²) in [7, 11) is 0. The Morgan fingerprint density at radius 2 is 1.75 bits per heavy atom. The summed E-state index contributed by atoms with van der Waals surface area (Å²) < 4.78 is 43.8. The molecule has 88 valence electrons. The lowest BCUT2D eigenvalue weighted by molar-refractivity contribution is -0.0354. The third kappa shape index (κ3) is 2.38. The van der Waals surface area contributed by atoms with Crippen LogP contribution in [-0.2, 0) is 11.3 Å². The van der Waals surface area contributed by atoms with Gasteiger partial charge in [0.1, 0.15) is 0 Å². The Balaban J connectivity index is 1.94. The lowest BCUT2D eigenvalue weighted by Gasteiger charge is -2.32. The molecule has 1 aromatic rings. The topological polar surface area (TPSA) is 9.23 Å². The second kappa shape index (κ2) is 4.45. The van der Waals surface area contributed by atoms with Crippen LogP contribution in [0.5, 0.6) is 0 Å². The Morgan fingerprint density at radius 3 is 2.25 bits per heavy atom. The summed E-state index contributed by atoms with van der Waals surface area (Å²) in [5.41, 5.74) is 0.330. The second-order valence-corrected chi connectivity index (χ2v) is 4.38. The van der Waals surface area contributed by atoms with Crippen LogP contribution in [0.15, 0.2) is 12.1 Å². The van der Waals surface area contributed by atoms with Gasteiger partial charge in [-0.1, -0.05) is 6.92 Å². The molecule has 0 radical (unpaired) electrons. The van der Waals surface area contributed by atoms with E-state index in [1.54, 1.807) is 0 Å². The van der Waals surface area contributed by atoms with Crippen LogP contribution in [-0.4, -0.2) is 6.10 Å². The van der Waals surface area contributed by atoms with Crippen LogP contribution >= 0.6 is 0 Å². The Labute approximate surface area is 92.2 Å². The van der Waals surface area contributed by atoms with Crippen LogP contribution in [0, 0.1) is 23.4 Å². The van der Waals surface area contributed by atoms with Crippen molar-refractivity contribution >= 4 is 0 Å². The van der Waals surface area contributed by atoms with E-state index in [1.165, 1.54) is 0 Å². The van der Waals surface area contributed by atoms with Gasteiger partial charge in [0.2, 0.25) is 0 Å². The van der Waals surface area contributed by atoms with E-state index in [0.29, 0.717) is 11.5 Å². The van der Waals surface area contributed by atoms with Gasteiger partial charge < -0.3 is 4.74 Å². The zero-order valence-corrected chi connectivity index (χ0v) is 8.97. The minimum atomic E-state index is -1.43. The molecule has 1 fully saturated rings. The van der Waals surface area contributed by atoms with Crippen LogP contribution in [0.2, 0.25) is 0 Å². The summed E-state index contributed by atoms with van der Waals surface area (Å²) in [6.07, 6.45) is 2.13. The van der Waals surface area contributed by atoms with Crippen molar-refractivity contribution in [1.29, 1.82) is 0 Å². The van der Waals surface area contributed by atoms with Crippen molar-refractivity contribution in [1.82, 2.24) is 0 Å². The van der Waals surface area contributed by atoms with E-state index in [-0.39, 0.29) is 12.7 Å². The molecule has 0 aromatic heterocycles. The van der Waals surface area contributed by atoms with Gasteiger partial charge in [0.25, 0.3) is 0 Å². The molecule has 0 heterocycles. The summed E-state index contributed by atoms with van der Waals surface area (Å²) in [6, 6.07) is 1.95. The highest BCUT2D eigenvalue weighted by Crippen LogP contribution is 2.30. The summed E-state index contributed by atoms with van der Waals surface area (Å²) in [6.45, 7) is 2.25. The minimum absolute atomic E-state index is 0.130. The van der Waals surface area contributed by atoms with Gasteiger partial charge in [-0.3, -0.25) is 0 Å². The molecular weight excluding hydrogens is 217 g/mol. The van der Waals surface area contributed by atoms with Crippen molar-refractivity contribution in [2.45, 2.75) is 32.5 Å². The molecule has 16 heavy (non-hydrogen) atoms. The molecule has 4 heteroatoms. The first kappa shape index (κ1) is 11.5. The van der Waals surface area contributed by atoms with E-state index >= 15 is 0 Å². The number of hydrogen-bond donors (Lipinski definition) is 0. The van der Waals surface area contributed by atoms with E-state index in [2.05, 4.69) is 6.92 Å². The zero-order valence-electron chi connectivity index (χ0n) is 8.97. The fourth-order valence-corrected chi connectivity index (χ4v) is 1.87. The molecule has 1 aliphatic rings. The number of ether oxygens (including phenoxy) is 1. The standard InChI is InChI=1S/C12H13F3O/c1-7-2-9(3-7)16-6-8-4-10(13)12(15)11(14)5-8/h4-5,7,9H,2-3,6H2,1H3/t7-,9-. The monoisotopic (exact) mass is 230 g/mol. The van der Waals surface area contributed by atoms with Gasteiger partial charge >= 0.3 is 0 Å². The molecule has 0 aliphatic heterocycles. The largest absolute Gasteiger partial charge is 0.374 e. The average Bonchev–Trinajstić information content (AvgIpc) is 2.19. The average molecular weight is 230 g/mol. The van der Waals surface area contributed by atoms with Gasteiger partial charge in [0, 0.05) is 0 Å². The summed E-state index contributed by atoms with van der Waals surface area (Å²) in [5, 5.41) is 0. The van der Waals surface area contributed by atoms with Gasteiger partial charge in [-0.05, 0) is 36.5 Å². The Bertz CT molecular complexity index is 363. The second-order valence-electron chi connectivity index (χ2n) is 4.38. The summed E-state index contributed by atoms with van der Waals surface area (Å²) in [5.74, 6) is -3.10. The molecule has 0 amide bonds. The molecule has 1 saturated carbocycles. The molecule has 2 rings (SSSR count). The summed E-state index contributed by atoms with van der Waals surface area (Å²) in [4.78, 5) is 0. The first-order chi connectivity index (χ1) is 7.56. The number of rotatable bonds is 3. The van der Waals surface area contributed by atoms with Gasteiger partial charge in [0.15, 0.2) is 17.5 Å². The minimum Gasteiger partial charge on any atom is -0.374 e. The molecular formula is C12H13F3O. The van der Waals surface area contributed by atoms with Gasteiger partial charge in [-0.25, -0.2) is 13.2 Å². The van der Waals surface area contributed by atoms with E-state index in [4.69, 9.17) is 4.74 Å². The molecule has 1 nitrogen and oxygen atoms in total. The van der Waals surface area contributed by atoms with Crippen molar-refractivity contribution in [2.24, 2.45) is 5.92 Å². The van der Waals surface area contributed by atoms with Crippen LogP contribution in [0.25, 0.3) is 0 Å². The van der Waals surface area contributed by atoms with Crippen LogP contribution in [0.4, 0.5) is 13.2 Å². The number of hydrogen-bond acceptors (Lipinski definition) is 1. The van der Waals surface area contributed by atoms with Gasteiger partial charge in [0.05, 0.1) is 12.7 Å². The molecule has 0 unspecified atom stereocenters. The fraction of sp³-hybridized carbons (Fsp3) is 0.500. The van der Waals surface area contributed by atoms with Crippen molar-refractivity contribution < 1.29 is 17.9 Å². The third-order valence-corrected chi connectivity index (χ3v) is 2.86. The van der Waals surface area contributed by atoms with Gasteiger partial charge in [-0.2, -0.15) is 0 Å². The smallest absolute Gasteiger partial charge is 0.194 e. The maximum absolute atomic E-state index is 12.9. The van der Waals surface area contributed by atoms with E-state index in [0.717, 1.165) is 25.0 Å². The molecule has 1 aliphatic carbocycles. The lowest BCUT2D eigenvalue weighted by atomic mass is 9.84. The first-order valence-electron chi connectivity index (χ1n) is 5.31. The lowest BCUT2D eigenvalue weighted by Crippen LogP contribution is -2.29.